The fourth-order valence-corrected chi connectivity index (χ4v) is 4.74. The molecule has 1 fully saturated rings. The number of hydrogen-bond donors (Lipinski definition) is 1. The Bertz CT molecular complexity index is 1450. The lowest BCUT2D eigenvalue weighted by Crippen LogP contribution is -2.38. The van der Waals surface area contributed by atoms with Crippen molar-refractivity contribution in [1.82, 2.24) is 24.5 Å². The minimum Gasteiger partial charge on any atom is -0.326 e. The van der Waals surface area contributed by atoms with Crippen LogP contribution in [0.3, 0.4) is 0 Å². The highest BCUT2D eigenvalue weighted by atomic mass is 19.4. The van der Waals surface area contributed by atoms with Crippen molar-refractivity contribution in [2.75, 3.05) is 13.1 Å². The minimum atomic E-state index is -4.47. The van der Waals surface area contributed by atoms with Crippen molar-refractivity contribution in [3.63, 3.8) is 0 Å². The molecule has 35 heavy (non-hydrogen) atoms. The van der Waals surface area contributed by atoms with E-state index in [-0.39, 0.29) is 24.7 Å². The molecule has 0 aliphatic carbocycles. The molecule has 1 saturated heterocycles. The van der Waals surface area contributed by atoms with E-state index in [1.165, 1.54) is 27.6 Å². The number of para-hydroxylation sites is 1. The lowest BCUT2D eigenvalue weighted by atomic mass is 9.85. The molecule has 0 amide bonds. The molecule has 0 bridgehead atoms. The summed E-state index contributed by atoms with van der Waals surface area (Å²) in [5, 5.41) is 18.9. The Morgan fingerprint density at radius 2 is 1.91 bits per heavy atom. The van der Waals surface area contributed by atoms with Crippen LogP contribution in [0.4, 0.5) is 13.2 Å². The Hall–Kier alpha value is -3.55. The quantitative estimate of drug-likeness (QED) is 0.467. The van der Waals surface area contributed by atoms with Gasteiger partial charge in [0.2, 0.25) is 0 Å². The number of nitrogens with two attached hydrogens (primary N) is 1. The number of benzene rings is 1. The van der Waals surface area contributed by atoms with E-state index in [0.29, 0.717) is 29.1 Å². The minimum absolute atomic E-state index is 0.0900. The number of rotatable bonds is 4. The third kappa shape index (κ3) is 4.11. The Morgan fingerprint density at radius 1 is 1.11 bits per heavy atom. The number of alkyl halides is 3. The molecule has 10 heteroatoms. The second-order valence-electron chi connectivity index (χ2n) is 9.51. The summed E-state index contributed by atoms with van der Waals surface area (Å²) < 4.78 is 43.9. The Balaban J connectivity index is 1.64. The van der Waals surface area contributed by atoms with Crippen LogP contribution in [0.1, 0.15) is 37.4 Å². The van der Waals surface area contributed by atoms with Gasteiger partial charge < -0.3 is 5.73 Å². The fourth-order valence-electron chi connectivity index (χ4n) is 4.74. The Morgan fingerprint density at radius 3 is 2.60 bits per heavy atom. The first-order valence-electron chi connectivity index (χ1n) is 11.3. The lowest BCUT2D eigenvalue weighted by Gasteiger charge is -2.30. The van der Waals surface area contributed by atoms with Crippen LogP contribution in [0.15, 0.2) is 48.7 Å². The molecule has 2 N–H and O–H groups in total. The van der Waals surface area contributed by atoms with Gasteiger partial charge in [-0.15, -0.1) is 10.2 Å². The molecule has 0 radical (unpaired) electrons. The first-order valence-corrected chi connectivity index (χ1v) is 11.3. The summed E-state index contributed by atoms with van der Waals surface area (Å²) in [6.45, 7) is 4.09. The summed E-state index contributed by atoms with van der Waals surface area (Å²) >= 11 is 0. The normalized spacial score (nSPS) is 18.3. The number of pyridine rings is 2. The molecule has 3 aromatic heterocycles. The molecule has 0 saturated carbocycles. The highest BCUT2D eigenvalue weighted by molar-refractivity contribution is 5.85. The summed E-state index contributed by atoms with van der Waals surface area (Å²) in [6, 6.07) is 12.5. The van der Waals surface area contributed by atoms with E-state index in [2.05, 4.69) is 16.3 Å². The first-order chi connectivity index (χ1) is 16.6. The van der Waals surface area contributed by atoms with Gasteiger partial charge in [0.1, 0.15) is 11.7 Å². The molecule has 1 unspecified atom stereocenters. The summed E-state index contributed by atoms with van der Waals surface area (Å²) in [6.07, 6.45) is -2.51. The molecule has 1 aliphatic heterocycles. The van der Waals surface area contributed by atoms with Gasteiger partial charge in [-0.2, -0.15) is 18.4 Å². The first kappa shape index (κ1) is 23.2. The molecule has 4 heterocycles. The van der Waals surface area contributed by atoms with Crippen LogP contribution in [0.25, 0.3) is 28.1 Å². The summed E-state index contributed by atoms with van der Waals surface area (Å²) in [5.41, 5.74) is 7.48. The van der Waals surface area contributed by atoms with Gasteiger partial charge in [0.15, 0.2) is 11.5 Å². The third-order valence-corrected chi connectivity index (χ3v) is 6.57. The van der Waals surface area contributed by atoms with Crippen LogP contribution in [-0.2, 0) is 5.41 Å². The number of likely N-dealkylation sites (tertiary alicyclic amines) is 1. The molecule has 1 aromatic carbocycles. The van der Waals surface area contributed by atoms with Crippen molar-refractivity contribution >= 4 is 16.6 Å². The second-order valence-corrected chi connectivity index (χ2v) is 9.51. The van der Waals surface area contributed by atoms with Crippen LogP contribution >= 0.6 is 0 Å². The van der Waals surface area contributed by atoms with Gasteiger partial charge in [-0.1, -0.05) is 30.3 Å². The highest BCUT2D eigenvalue weighted by Crippen LogP contribution is 2.39. The maximum absolute atomic E-state index is 14.1. The third-order valence-electron chi connectivity index (χ3n) is 6.57. The zero-order valence-electron chi connectivity index (χ0n) is 19.3. The van der Waals surface area contributed by atoms with Gasteiger partial charge in [-0.3, -0.25) is 9.30 Å². The number of nitrogens with zero attached hydrogens (tertiary/aromatic N) is 6. The van der Waals surface area contributed by atoms with Crippen LogP contribution in [-0.4, -0.2) is 49.8 Å². The molecule has 7 nitrogen and oxygen atoms in total. The van der Waals surface area contributed by atoms with Crippen molar-refractivity contribution in [3.8, 4) is 17.6 Å². The number of fused-ring (bicyclic) bond motifs is 2. The van der Waals surface area contributed by atoms with E-state index in [0.717, 1.165) is 10.9 Å². The lowest BCUT2D eigenvalue weighted by molar-refractivity contribution is -0.183. The zero-order chi connectivity index (χ0) is 25.0. The predicted molar refractivity (Wildman–Crippen MR) is 125 cm³/mol. The number of hydrogen-bond acceptors (Lipinski definition) is 6. The molecule has 5 rings (SSSR count). The Labute approximate surface area is 200 Å². The van der Waals surface area contributed by atoms with Crippen molar-refractivity contribution in [1.29, 1.82) is 5.26 Å². The van der Waals surface area contributed by atoms with Gasteiger partial charge in [-0.05, 0) is 43.5 Å². The fraction of sp³-hybridized carbons (Fsp3) is 0.360. The van der Waals surface area contributed by atoms with Gasteiger partial charge in [-0.25, -0.2) is 4.98 Å². The van der Waals surface area contributed by atoms with E-state index in [9.17, 15) is 18.4 Å². The smallest absolute Gasteiger partial charge is 0.326 e. The van der Waals surface area contributed by atoms with Gasteiger partial charge in [0, 0.05) is 30.7 Å². The molecule has 180 valence electrons. The summed E-state index contributed by atoms with van der Waals surface area (Å²) in [4.78, 5) is 6.14. The van der Waals surface area contributed by atoms with E-state index >= 15 is 0 Å². The topological polar surface area (TPSA) is 96.1 Å². The molecular weight excluding hydrogens is 455 g/mol. The van der Waals surface area contributed by atoms with Crippen LogP contribution in [0.5, 0.6) is 0 Å². The van der Waals surface area contributed by atoms with E-state index in [4.69, 9.17) is 10.7 Å². The van der Waals surface area contributed by atoms with E-state index < -0.39 is 17.6 Å². The maximum atomic E-state index is 14.1. The van der Waals surface area contributed by atoms with Crippen molar-refractivity contribution < 1.29 is 13.2 Å². The van der Waals surface area contributed by atoms with Crippen molar-refractivity contribution in [2.24, 2.45) is 5.73 Å². The van der Waals surface area contributed by atoms with E-state index in [1.54, 1.807) is 6.07 Å². The molecular formula is C25H24F3N7. The van der Waals surface area contributed by atoms with Gasteiger partial charge in [0.25, 0.3) is 0 Å². The average molecular weight is 480 g/mol. The van der Waals surface area contributed by atoms with Crippen LogP contribution in [0.2, 0.25) is 0 Å². The van der Waals surface area contributed by atoms with Crippen molar-refractivity contribution in [3.05, 3.63) is 59.8 Å². The van der Waals surface area contributed by atoms with Crippen LogP contribution in [0, 0.1) is 11.3 Å². The maximum Gasteiger partial charge on any atom is 0.408 e. The molecule has 2 atom stereocenters. The number of nitriles is 1. The number of halogens is 3. The molecule has 1 aliphatic rings. The van der Waals surface area contributed by atoms with Gasteiger partial charge in [0.05, 0.1) is 17.0 Å². The van der Waals surface area contributed by atoms with Gasteiger partial charge >= 0.3 is 6.18 Å². The summed E-state index contributed by atoms with van der Waals surface area (Å²) in [5.74, 6) is 0.326. The SMILES string of the molecule is CC(C)(C#N)c1cccc2ccc(-c3nnc4ccc([C@@H](N5CCC(N)C5)C(F)(F)F)cn34)nc12. The Kier molecular flexibility index (Phi) is 5.49. The molecule has 0 spiro atoms. The monoisotopic (exact) mass is 479 g/mol. The second kappa shape index (κ2) is 8.29. The zero-order valence-corrected chi connectivity index (χ0v) is 19.3. The predicted octanol–water partition coefficient (Wildman–Crippen LogP) is 4.38. The largest absolute Gasteiger partial charge is 0.408 e. The van der Waals surface area contributed by atoms with Crippen molar-refractivity contribution in [2.45, 2.75) is 43.9 Å². The highest BCUT2D eigenvalue weighted by Gasteiger charge is 2.46. The average Bonchev–Trinajstić information content (AvgIpc) is 3.43. The standard InChI is InChI=1S/C25H24F3N7/c1-24(2,14-29)18-5-3-4-15-6-8-19(31-21(15)18)23-33-32-20-9-7-16(12-35(20)23)22(25(26,27)28)34-11-10-17(30)13-34/h3-9,12,17,22H,10-11,13,30H2,1-2H3/t17?,22-/m1/s1. The van der Waals surface area contributed by atoms with Crippen LogP contribution < -0.4 is 5.73 Å². The molecule has 4 aromatic rings. The number of aromatic nitrogens is 4. The van der Waals surface area contributed by atoms with E-state index in [1.807, 2.05) is 38.1 Å². The summed E-state index contributed by atoms with van der Waals surface area (Å²) in [7, 11) is 0.